The predicted molar refractivity (Wildman–Crippen MR) is 132 cm³/mol. The molecule has 3 aromatic rings. The largest absolute Gasteiger partial charge is 0.489 e. The van der Waals surface area contributed by atoms with Crippen LogP contribution in [0, 0.1) is 10.8 Å². The number of thioether (sulfide) groups is 1. The highest BCUT2D eigenvalue weighted by molar-refractivity contribution is 8.00. The van der Waals surface area contributed by atoms with Gasteiger partial charge in [-0.15, -0.1) is 0 Å². The number of hydrogen-bond acceptors (Lipinski definition) is 7. The molecule has 32 heavy (non-hydrogen) atoms. The third kappa shape index (κ3) is 4.00. The summed E-state index contributed by atoms with van der Waals surface area (Å²) in [6, 6.07) is 9.14. The lowest BCUT2D eigenvalue weighted by Crippen LogP contribution is -2.63. The molecule has 4 heterocycles. The van der Waals surface area contributed by atoms with E-state index in [-0.39, 0.29) is 6.61 Å². The van der Waals surface area contributed by atoms with Gasteiger partial charge in [-0.3, -0.25) is 10.4 Å². The van der Waals surface area contributed by atoms with Gasteiger partial charge in [-0.2, -0.15) is 11.8 Å². The average Bonchev–Trinajstić information content (AvgIpc) is 2.72. The molecule has 0 bridgehead atoms. The van der Waals surface area contributed by atoms with Crippen LogP contribution in [0.4, 0.5) is 11.5 Å². The zero-order chi connectivity index (χ0) is 22.3. The molecule has 9 heteroatoms. The highest BCUT2D eigenvalue weighted by Gasteiger charge is 2.48. The first-order chi connectivity index (χ1) is 15.4. The maximum Gasteiger partial charge on any atom is 0.128 e. The number of hydrogen-bond donors (Lipinski definition) is 2. The minimum absolute atomic E-state index is 0.183. The molecule has 2 fully saturated rings. The summed E-state index contributed by atoms with van der Waals surface area (Å²) in [4.78, 5) is 10.8. The lowest BCUT2D eigenvalue weighted by Gasteiger charge is -2.55. The van der Waals surface area contributed by atoms with Crippen LogP contribution in [-0.4, -0.2) is 40.3 Å². The van der Waals surface area contributed by atoms with Crippen molar-refractivity contribution in [1.82, 2.24) is 9.97 Å². The molecule has 2 saturated heterocycles. The van der Waals surface area contributed by atoms with Gasteiger partial charge in [0.2, 0.25) is 0 Å². The van der Waals surface area contributed by atoms with Crippen molar-refractivity contribution in [1.29, 1.82) is 5.41 Å². The Morgan fingerprint density at radius 1 is 1.12 bits per heavy atom. The van der Waals surface area contributed by atoms with E-state index in [9.17, 15) is 0 Å². The molecule has 0 radical (unpaired) electrons. The van der Waals surface area contributed by atoms with Crippen LogP contribution in [0.5, 0.6) is 5.75 Å². The number of pyridine rings is 2. The molecule has 0 unspecified atom stereocenters. The van der Waals surface area contributed by atoms with E-state index in [0.29, 0.717) is 49.3 Å². The summed E-state index contributed by atoms with van der Waals surface area (Å²) in [6.07, 6.45) is 4.79. The summed E-state index contributed by atoms with van der Waals surface area (Å²) in [5, 5.41) is 9.55. The van der Waals surface area contributed by atoms with Gasteiger partial charge in [0.25, 0.3) is 0 Å². The second-order valence-electron chi connectivity index (χ2n) is 8.25. The number of nitrogens with two attached hydrogens (primary N) is 1. The van der Waals surface area contributed by atoms with Gasteiger partial charge in [0.05, 0.1) is 15.8 Å². The first-order valence-electron chi connectivity index (χ1n) is 10.1. The zero-order valence-corrected chi connectivity index (χ0v) is 19.5. The Morgan fingerprint density at radius 3 is 2.50 bits per heavy atom. The van der Waals surface area contributed by atoms with Crippen LogP contribution in [-0.2, 0) is 6.61 Å². The van der Waals surface area contributed by atoms with Gasteiger partial charge in [-0.25, -0.2) is 4.98 Å². The Labute approximate surface area is 200 Å². The number of rotatable bonds is 6. The molecule has 0 atom stereocenters. The van der Waals surface area contributed by atoms with E-state index in [2.05, 4.69) is 14.9 Å². The monoisotopic (exact) mass is 485 g/mol. The summed E-state index contributed by atoms with van der Waals surface area (Å²) >= 11 is 14.3. The number of aromatic nitrogens is 2. The maximum absolute atomic E-state index is 8.67. The summed E-state index contributed by atoms with van der Waals surface area (Å²) in [5.74, 6) is 4.03. The Kier molecular flexibility index (Phi) is 5.65. The van der Waals surface area contributed by atoms with Crippen LogP contribution in [0.25, 0.3) is 0 Å². The standard InChI is InChI=1S/C23H21Cl2N5OS/c24-18-7-28-8-19(25)17(18)9-31-15-2-3-20(26)16(5-15)22(27)14-1-4-21(29-6-14)30-10-23(11-30)12-32-13-23/h1-8,27H,9-13,26H2. The van der Waals surface area contributed by atoms with Crippen LogP contribution >= 0.6 is 35.0 Å². The van der Waals surface area contributed by atoms with Crippen molar-refractivity contribution in [3.8, 4) is 5.75 Å². The molecule has 6 nitrogen and oxygen atoms in total. The number of nitrogens with zero attached hydrogens (tertiary/aromatic N) is 3. The minimum Gasteiger partial charge on any atom is -0.489 e. The van der Waals surface area contributed by atoms with Crippen molar-refractivity contribution >= 4 is 52.2 Å². The molecule has 1 aromatic carbocycles. The van der Waals surface area contributed by atoms with Crippen molar-refractivity contribution in [3.05, 3.63) is 75.7 Å². The molecular formula is C23H21Cl2N5OS. The van der Waals surface area contributed by atoms with E-state index in [1.54, 1.807) is 24.4 Å². The predicted octanol–water partition coefficient (Wildman–Crippen LogP) is 4.91. The zero-order valence-electron chi connectivity index (χ0n) is 17.1. The Morgan fingerprint density at radius 2 is 1.88 bits per heavy atom. The number of ether oxygens (including phenoxy) is 1. The smallest absolute Gasteiger partial charge is 0.128 e. The van der Waals surface area contributed by atoms with Gasteiger partial charge in [0.15, 0.2) is 0 Å². The molecule has 3 N–H and O–H groups in total. The van der Waals surface area contributed by atoms with E-state index in [1.807, 2.05) is 23.9 Å². The quantitative estimate of drug-likeness (QED) is 0.380. The topological polar surface area (TPSA) is 88.1 Å². The molecule has 5 rings (SSSR count). The van der Waals surface area contributed by atoms with Crippen molar-refractivity contribution in [2.24, 2.45) is 5.41 Å². The Hall–Kier alpha value is -2.48. The van der Waals surface area contributed by atoms with Crippen molar-refractivity contribution in [2.45, 2.75) is 6.61 Å². The fourth-order valence-electron chi connectivity index (χ4n) is 3.95. The van der Waals surface area contributed by atoms with Crippen LogP contribution in [0.2, 0.25) is 10.0 Å². The third-order valence-electron chi connectivity index (χ3n) is 5.86. The molecule has 2 aliphatic heterocycles. The summed E-state index contributed by atoms with van der Waals surface area (Å²) in [5.41, 5.74) is 9.41. The SMILES string of the molecule is N=C(c1ccc(N2CC3(CSC3)C2)nc1)c1cc(OCc2c(Cl)cncc2Cl)ccc1N. The molecule has 0 aliphatic carbocycles. The average molecular weight is 486 g/mol. The fourth-order valence-corrected chi connectivity index (χ4v) is 5.57. The summed E-state index contributed by atoms with van der Waals surface area (Å²) in [7, 11) is 0. The Bertz CT molecular complexity index is 1160. The van der Waals surface area contributed by atoms with E-state index < -0.39 is 0 Å². The molecule has 0 amide bonds. The normalized spacial score (nSPS) is 16.4. The summed E-state index contributed by atoms with van der Waals surface area (Å²) < 4.78 is 5.87. The molecule has 2 aliphatic rings. The number of halogens is 2. The van der Waals surface area contributed by atoms with Crippen LogP contribution < -0.4 is 15.4 Å². The highest BCUT2D eigenvalue weighted by Crippen LogP contribution is 2.46. The van der Waals surface area contributed by atoms with Gasteiger partial charge in [0, 0.05) is 71.0 Å². The Balaban J connectivity index is 1.29. The molecule has 2 aromatic heterocycles. The first kappa shape index (κ1) is 21.4. The van der Waals surface area contributed by atoms with E-state index in [4.69, 9.17) is 39.1 Å². The highest BCUT2D eigenvalue weighted by atomic mass is 35.5. The van der Waals surface area contributed by atoms with E-state index in [1.165, 1.54) is 23.9 Å². The van der Waals surface area contributed by atoms with Gasteiger partial charge < -0.3 is 15.4 Å². The number of nitrogens with one attached hydrogen (secondary N) is 1. The lowest BCUT2D eigenvalue weighted by atomic mass is 9.83. The first-order valence-corrected chi connectivity index (χ1v) is 12.0. The lowest BCUT2D eigenvalue weighted by molar-refractivity contribution is 0.271. The number of nitrogen functional groups attached to an aromatic ring is 1. The van der Waals surface area contributed by atoms with Crippen LogP contribution in [0.1, 0.15) is 16.7 Å². The molecule has 1 spiro atoms. The van der Waals surface area contributed by atoms with E-state index in [0.717, 1.165) is 18.9 Å². The van der Waals surface area contributed by atoms with Crippen LogP contribution in [0.3, 0.4) is 0 Å². The second-order valence-corrected chi connectivity index (χ2v) is 10.0. The maximum atomic E-state index is 8.67. The van der Waals surface area contributed by atoms with Crippen molar-refractivity contribution in [2.75, 3.05) is 35.2 Å². The number of benzene rings is 1. The summed E-state index contributed by atoms with van der Waals surface area (Å²) in [6.45, 7) is 2.33. The second kappa shape index (κ2) is 8.46. The molecule has 164 valence electrons. The van der Waals surface area contributed by atoms with Crippen molar-refractivity contribution < 1.29 is 4.74 Å². The number of anilines is 2. The third-order valence-corrected chi connectivity index (χ3v) is 8.14. The van der Waals surface area contributed by atoms with Gasteiger partial charge >= 0.3 is 0 Å². The fraction of sp³-hybridized carbons (Fsp3) is 0.261. The minimum atomic E-state index is 0.183. The van der Waals surface area contributed by atoms with Gasteiger partial charge in [0.1, 0.15) is 18.2 Å². The van der Waals surface area contributed by atoms with Gasteiger partial charge in [-0.1, -0.05) is 23.2 Å². The van der Waals surface area contributed by atoms with E-state index >= 15 is 0 Å². The molecular weight excluding hydrogens is 465 g/mol. The van der Waals surface area contributed by atoms with Gasteiger partial charge in [-0.05, 0) is 30.3 Å². The molecule has 0 saturated carbocycles. The van der Waals surface area contributed by atoms with Crippen LogP contribution in [0.15, 0.2) is 48.9 Å². The van der Waals surface area contributed by atoms with Crippen molar-refractivity contribution in [3.63, 3.8) is 0 Å².